The third-order valence-corrected chi connectivity index (χ3v) is 2.06. The van der Waals surface area contributed by atoms with E-state index < -0.39 is 49.9 Å². The van der Waals surface area contributed by atoms with Gasteiger partial charge >= 0.3 is 6.11 Å². The smallest absolute Gasteiger partial charge is 0.400 e. The summed E-state index contributed by atoms with van der Waals surface area (Å²) in [6, 6.07) is 0. The Morgan fingerprint density at radius 3 is 2.44 bits per heavy atom. The molecule has 3 unspecified atom stereocenters. The number of hydrogen-bond acceptors (Lipinski definition) is 1. The minimum atomic E-state index is -3.83. The monoisotopic (exact) mass is 248 g/mol. The second kappa shape index (κ2) is 4.97. The number of halogens is 6. The molecule has 16 heavy (non-hydrogen) atoms. The molecule has 0 aliphatic heterocycles. The zero-order valence-corrected chi connectivity index (χ0v) is 8.11. The van der Waals surface area contributed by atoms with E-state index in [0.29, 0.717) is 6.08 Å². The van der Waals surface area contributed by atoms with Crippen molar-refractivity contribution in [2.75, 3.05) is 6.67 Å². The predicted molar refractivity (Wildman–Crippen MR) is 44.0 cm³/mol. The average Bonchev–Trinajstić information content (AvgIpc) is 2.13. The fourth-order valence-electron chi connectivity index (χ4n) is 1.27. The van der Waals surface area contributed by atoms with Crippen LogP contribution in [0.15, 0.2) is 11.8 Å². The van der Waals surface area contributed by atoms with Crippen molar-refractivity contribution in [1.82, 2.24) is 0 Å². The van der Waals surface area contributed by atoms with Gasteiger partial charge in [-0.2, -0.15) is 8.78 Å². The average molecular weight is 248 g/mol. The molecule has 3 atom stereocenters. The minimum absolute atomic E-state index is 0.451. The third kappa shape index (κ3) is 3.31. The van der Waals surface area contributed by atoms with Crippen LogP contribution < -0.4 is 0 Å². The fraction of sp³-hybridized carbons (Fsp3) is 0.778. The summed E-state index contributed by atoms with van der Waals surface area (Å²) in [7, 11) is 0. The van der Waals surface area contributed by atoms with E-state index in [1.807, 2.05) is 0 Å². The summed E-state index contributed by atoms with van der Waals surface area (Å²) >= 11 is 0. The van der Waals surface area contributed by atoms with Crippen LogP contribution in [0.2, 0.25) is 0 Å². The quantitative estimate of drug-likeness (QED) is 0.694. The van der Waals surface area contributed by atoms with Gasteiger partial charge in [0.2, 0.25) is 0 Å². The molecular weight excluding hydrogens is 238 g/mol. The van der Waals surface area contributed by atoms with E-state index in [4.69, 9.17) is 0 Å². The molecule has 0 radical (unpaired) electrons. The van der Waals surface area contributed by atoms with Gasteiger partial charge in [0.05, 0.1) is 13.1 Å². The normalized spacial score (nSPS) is 31.1. The van der Waals surface area contributed by atoms with Crippen LogP contribution in [0.1, 0.15) is 12.8 Å². The van der Waals surface area contributed by atoms with Gasteiger partial charge in [0.15, 0.2) is 12.3 Å². The molecule has 1 aliphatic carbocycles. The Hall–Kier alpha value is -0.880. The molecule has 0 amide bonds. The molecule has 0 spiro atoms. The lowest BCUT2D eigenvalue weighted by Gasteiger charge is -2.26. The van der Waals surface area contributed by atoms with Crippen molar-refractivity contribution in [3.63, 3.8) is 0 Å². The topological polar surface area (TPSA) is 9.23 Å². The van der Waals surface area contributed by atoms with Crippen molar-refractivity contribution in [3.8, 4) is 0 Å². The minimum Gasteiger partial charge on any atom is -0.437 e. The second-order valence-electron chi connectivity index (χ2n) is 3.42. The van der Waals surface area contributed by atoms with E-state index in [2.05, 4.69) is 4.74 Å². The molecule has 0 aromatic carbocycles. The van der Waals surface area contributed by atoms with E-state index in [0.717, 1.165) is 0 Å². The van der Waals surface area contributed by atoms with E-state index in [1.165, 1.54) is 0 Å². The third-order valence-electron chi connectivity index (χ3n) is 2.06. The maximum absolute atomic E-state index is 12.8. The molecule has 1 nitrogen and oxygen atoms in total. The van der Waals surface area contributed by atoms with Gasteiger partial charge in [0, 0.05) is 6.42 Å². The molecule has 1 rings (SSSR count). The molecule has 1 aliphatic rings. The molecule has 7 heteroatoms. The first-order valence-corrected chi connectivity index (χ1v) is 4.61. The SMILES string of the molecule is FCCC(F)(F)OC1=CC(F)C(F)C(F)C1. The molecule has 0 bridgehead atoms. The number of ether oxygens (including phenoxy) is 1. The first-order chi connectivity index (χ1) is 7.35. The van der Waals surface area contributed by atoms with Crippen LogP contribution in [0.5, 0.6) is 0 Å². The van der Waals surface area contributed by atoms with Gasteiger partial charge in [-0.25, -0.2) is 13.2 Å². The number of rotatable bonds is 4. The van der Waals surface area contributed by atoms with Gasteiger partial charge in [-0.3, -0.25) is 4.39 Å². The highest BCUT2D eigenvalue weighted by molar-refractivity contribution is 5.09. The highest BCUT2D eigenvalue weighted by Crippen LogP contribution is 2.32. The van der Waals surface area contributed by atoms with Gasteiger partial charge in [-0.1, -0.05) is 0 Å². The lowest BCUT2D eigenvalue weighted by Crippen LogP contribution is -2.34. The Labute approximate surface area is 88.1 Å². The molecule has 0 heterocycles. The summed E-state index contributed by atoms with van der Waals surface area (Å²) in [5, 5.41) is 0. The van der Waals surface area contributed by atoms with Crippen LogP contribution in [-0.4, -0.2) is 31.3 Å². The van der Waals surface area contributed by atoms with E-state index in [1.54, 1.807) is 0 Å². The van der Waals surface area contributed by atoms with E-state index >= 15 is 0 Å². The van der Waals surface area contributed by atoms with Crippen molar-refractivity contribution in [1.29, 1.82) is 0 Å². The van der Waals surface area contributed by atoms with Crippen LogP contribution in [0, 0.1) is 0 Å². The number of alkyl halides is 6. The molecule has 0 saturated heterocycles. The Morgan fingerprint density at radius 2 is 1.94 bits per heavy atom. The summed E-state index contributed by atoms with van der Waals surface area (Å²) < 4.78 is 79.2. The molecule has 0 fully saturated rings. The zero-order valence-electron chi connectivity index (χ0n) is 8.11. The Morgan fingerprint density at radius 1 is 1.31 bits per heavy atom. The lowest BCUT2D eigenvalue weighted by atomic mass is 10.0. The lowest BCUT2D eigenvalue weighted by molar-refractivity contribution is -0.223. The Bertz CT molecular complexity index is 267. The standard InChI is InChI=1S/C9H10F6O/c10-2-1-9(14,15)16-5-3-6(11)8(13)7(12)4-5/h3,6-8H,1-2,4H2. The van der Waals surface area contributed by atoms with Crippen molar-refractivity contribution in [2.24, 2.45) is 0 Å². The molecule has 0 saturated carbocycles. The Balaban J connectivity index is 2.65. The van der Waals surface area contributed by atoms with Gasteiger partial charge in [-0.05, 0) is 6.08 Å². The van der Waals surface area contributed by atoms with Gasteiger partial charge in [-0.15, -0.1) is 0 Å². The van der Waals surface area contributed by atoms with Gasteiger partial charge < -0.3 is 4.74 Å². The van der Waals surface area contributed by atoms with Gasteiger partial charge in [0.1, 0.15) is 11.9 Å². The van der Waals surface area contributed by atoms with Crippen molar-refractivity contribution < 1.29 is 31.1 Å². The largest absolute Gasteiger partial charge is 0.437 e. The van der Waals surface area contributed by atoms with Crippen LogP contribution in [-0.2, 0) is 4.74 Å². The maximum atomic E-state index is 12.8. The molecular formula is C9H10F6O. The highest BCUT2D eigenvalue weighted by atomic mass is 19.3. The van der Waals surface area contributed by atoms with Crippen LogP contribution in [0.25, 0.3) is 0 Å². The maximum Gasteiger partial charge on any atom is 0.400 e. The van der Waals surface area contributed by atoms with E-state index in [9.17, 15) is 26.3 Å². The summed E-state index contributed by atoms with van der Waals surface area (Å²) in [4.78, 5) is 0. The highest BCUT2D eigenvalue weighted by Gasteiger charge is 2.39. The summed E-state index contributed by atoms with van der Waals surface area (Å²) in [5.74, 6) is -0.688. The number of hydrogen-bond donors (Lipinski definition) is 0. The molecule has 94 valence electrons. The molecule has 0 aromatic rings. The number of allylic oxidation sites excluding steroid dienone is 2. The summed E-state index contributed by atoms with van der Waals surface area (Å²) in [6.45, 7) is -1.33. The Kier molecular flexibility index (Phi) is 4.09. The van der Waals surface area contributed by atoms with Crippen LogP contribution in [0.3, 0.4) is 0 Å². The first-order valence-electron chi connectivity index (χ1n) is 4.61. The summed E-state index contributed by atoms with van der Waals surface area (Å²) in [5.41, 5.74) is 0. The zero-order chi connectivity index (χ0) is 12.3. The van der Waals surface area contributed by atoms with Crippen molar-refractivity contribution in [2.45, 2.75) is 37.5 Å². The predicted octanol–water partition coefficient (Wildman–Crippen LogP) is 3.26. The second-order valence-corrected chi connectivity index (χ2v) is 3.42. The van der Waals surface area contributed by atoms with Crippen LogP contribution >= 0.6 is 0 Å². The first kappa shape index (κ1) is 13.2. The van der Waals surface area contributed by atoms with Gasteiger partial charge in [0.25, 0.3) is 0 Å². The fourth-order valence-corrected chi connectivity index (χ4v) is 1.27. The molecule has 0 aromatic heterocycles. The van der Waals surface area contributed by atoms with Crippen molar-refractivity contribution in [3.05, 3.63) is 11.8 Å². The molecule has 0 N–H and O–H groups in total. The van der Waals surface area contributed by atoms with Crippen LogP contribution in [0.4, 0.5) is 26.3 Å². The summed E-state index contributed by atoms with van der Waals surface area (Å²) in [6.07, 6.45) is -12.3. The van der Waals surface area contributed by atoms with E-state index in [-0.39, 0.29) is 0 Å². The van der Waals surface area contributed by atoms with Crippen molar-refractivity contribution >= 4 is 0 Å².